The zero-order valence-electron chi connectivity index (χ0n) is 17.1. The summed E-state index contributed by atoms with van der Waals surface area (Å²) in [6, 6.07) is 17.0. The highest BCUT2D eigenvalue weighted by molar-refractivity contribution is 7.14. The molecule has 0 N–H and O–H groups in total. The SMILES string of the molecule is CCCCN(CCc1ccc(C2=NC2)cc1)c1nc(-c2ccc(OC)cc2)cs1. The molecule has 150 valence electrons. The normalized spacial score (nSPS) is 12.6. The number of ether oxygens (including phenoxy) is 1. The summed E-state index contributed by atoms with van der Waals surface area (Å²) in [5, 5.41) is 3.26. The van der Waals surface area contributed by atoms with Crippen molar-refractivity contribution in [3.05, 3.63) is 65.0 Å². The third kappa shape index (κ3) is 5.04. The van der Waals surface area contributed by atoms with E-state index in [1.165, 1.54) is 29.7 Å². The first-order chi connectivity index (χ1) is 14.3. The number of methoxy groups -OCH3 is 1. The Morgan fingerprint density at radius 1 is 1.00 bits per heavy atom. The first kappa shape index (κ1) is 19.6. The Hall–Kier alpha value is -2.66. The van der Waals surface area contributed by atoms with Crippen LogP contribution in [0.25, 0.3) is 11.3 Å². The van der Waals surface area contributed by atoms with Gasteiger partial charge in [-0.05, 0) is 48.2 Å². The summed E-state index contributed by atoms with van der Waals surface area (Å²) in [6.07, 6.45) is 3.38. The molecule has 0 bridgehead atoms. The largest absolute Gasteiger partial charge is 0.497 e. The summed E-state index contributed by atoms with van der Waals surface area (Å²) >= 11 is 1.73. The molecule has 2 heterocycles. The summed E-state index contributed by atoms with van der Waals surface area (Å²) < 4.78 is 5.26. The molecule has 0 radical (unpaired) electrons. The summed E-state index contributed by atoms with van der Waals surface area (Å²) in [5.41, 5.74) is 6.02. The molecule has 1 aromatic heterocycles. The lowest BCUT2D eigenvalue weighted by Crippen LogP contribution is -2.26. The number of rotatable bonds is 10. The number of hydrogen-bond acceptors (Lipinski definition) is 5. The van der Waals surface area contributed by atoms with Crippen LogP contribution in [-0.2, 0) is 6.42 Å². The summed E-state index contributed by atoms with van der Waals surface area (Å²) in [7, 11) is 1.69. The minimum atomic E-state index is 0.869. The van der Waals surface area contributed by atoms with Gasteiger partial charge in [0.2, 0.25) is 0 Å². The van der Waals surface area contributed by atoms with Gasteiger partial charge in [0.25, 0.3) is 0 Å². The second-order valence-corrected chi connectivity index (χ2v) is 8.13. The second-order valence-electron chi connectivity index (χ2n) is 7.29. The van der Waals surface area contributed by atoms with Gasteiger partial charge in [-0.2, -0.15) is 0 Å². The van der Waals surface area contributed by atoms with E-state index >= 15 is 0 Å². The van der Waals surface area contributed by atoms with Crippen LogP contribution in [0, 0.1) is 0 Å². The molecule has 0 saturated carbocycles. The van der Waals surface area contributed by atoms with Crippen LogP contribution in [0.15, 0.2) is 58.9 Å². The van der Waals surface area contributed by atoms with Crippen LogP contribution in [0.2, 0.25) is 0 Å². The monoisotopic (exact) mass is 405 g/mol. The highest BCUT2D eigenvalue weighted by Gasteiger charge is 2.14. The maximum atomic E-state index is 5.26. The third-order valence-corrected chi connectivity index (χ3v) is 6.11. The van der Waals surface area contributed by atoms with E-state index in [1.54, 1.807) is 18.4 Å². The standard InChI is InChI=1S/C24H27N3OS/c1-3-4-14-27(15-13-18-5-7-19(8-6-18)22-16-25-22)24-26-23(17-29-24)20-9-11-21(28-2)12-10-20/h5-12,17H,3-4,13-16H2,1-2H3. The van der Waals surface area contributed by atoms with Crippen LogP contribution < -0.4 is 9.64 Å². The Morgan fingerprint density at radius 2 is 1.72 bits per heavy atom. The smallest absolute Gasteiger partial charge is 0.185 e. The van der Waals surface area contributed by atoms with Crippen molar-refractivity contribution in [2.75, 3.05) is 31.6 Å². The molecule has 1 aliphatic rings. The number of aromatic nitrogens is 1. The van der Waals surface area contributed by atoms with Crippen molar-refractivity contribution in [1.29, 1.82) is 0 Å². The molecule has 4 rings (SSSR count). The molecule has 1 aliphatic heterocycles. The van der Waals surface area contributed by atoms with E-state index in [1.807, 2.05) is 12.1 Å². The van der Waals surface area contributed by atoms with Gasteiger partial charge in [-0.25, -0.2) is 4.98 Å². The lowest BCUT2D eigenvalue weighted by atomic mass is 10.1. The summed E-state index contributed by atoms with van der Waals surface area (Å²) in [4.78, 5) is 11.6. The predicted molar refractivity (Wildman–Crippen MR) is 123 cm³/mol. The Balaban J connectivity index is 1.44. The van der Waals surface area contributed by atoms with Gasteiger partial charge in [-0.3, -0.25) is 4.99 Å². The highest BCUT2D eigenvalue weighted by Crippen LogP contribution is 2.29. The van der Waals surface area contributed by atoms with E-state index in [4.69, 9.17) is 9.72 Å². The average Bonchev–Trinajstić information content (AvgIpc) is 3.51. The Morgan fingerprint density at radius 3 is 2.38 bits per heavy atom. The molecule has 0 atom stereocenters. The summed E-state index contributed by atoms with van der Waals surface area (Å²) in [6.45, 7) is 5.17. The van der Waals surface area contributed by atoms with Crippen LogP contribution in [-0.4, -0.2) is 37.4 Å². The molecular weight excluding hydrogens is 378 g/mol. The molecule has 0 amide bonds. The quantitative estimate of drug-likeness (QED) is 0.449. The van der Waals surface area contributed by atoms with Crippen molar-refractivity contribution in [3.63, 3.8) is 0 Å². The van der Waals surface area contributed by atoms with Crippen molar-refractivity contribution in [2.24, 2.45) is 4.99 Å². The third-order valence-electron chi connectivity index (χ3n) is 5.20. The van der Waals surface area contributed by atoms with Gasteiger partial charge in [0.1, 0.15) is 5.75 Å². The molecule has 0 saturated heterocycles. The first-order valence-corrected chi connectivity index (χ1v) is 11.1. The average molecular weight is 406 g/mol. The van der Waals surface area contributed by atoms with E-state index in [0.29, 0.717) is 0 Å². The number of aliphatic imine (C=N–C) groups is 1. The second kappa shape index (κ2) is 9.23. The molecule has 0 fully saturated rings. The lowest BCUT2D eigenvalue weighted by Gasteiger charge is -2.21. The fraction of sp³-hybridized carbons (Fsp3) is 0.333. The molecule has 4 nitrogen and oxygen atoms in total. The number of thiazole rings is 1. The van der Waals surface area contributed by atoms with Gasteiger partial charge in [-0.15, -0.1) is 11.3 Å². The topological polar surface area (TPSA) is 37.7 Å². The van der Waals surface area contributed by atoms with Gasteiger partial charge in [0, 0.05) is 24.0 Å². The molecule has 0 aliphatic carbocycles. The Kier molecular flexibility index (Phi) is 6.25. The van der Waals surface area contributed by atoms with E-state index < -0.39 is 0 Å². The zero-order chi connectivity index (χ0) is 20.1. The molecule has 0 spiro atoms. The van der Waals surface area contributed by atoms with Gasteiger partial charge < -0.3 is 9.64 Å². The highest BCUT2D eigenvalue weighted by atomic mass is 32.1. The lowest BCUT2D eigenvalue weighted by molar-refractivity contribution is 0.415. The van der Waals surface area contributed by atoms with Crippen LogP contribution in [0.4, 0.5) is 5.13 Å². The van der Waals surface area contributed by atoms with Crippen molar-refractivity contribution < 1.29 is 4.74 Å². The van der Waals surface area contributed by atoms with Crippen LogP contribution in [0.1, 0.15) is 30.9 Å². The maximum Gasteiger partial charge on any atom is 0.185 e. The fourth-order valence-corrected chi connectivity index (χ4v) is 4.19. The van der Waals surface area contributed by atoms with Gasteiger partial charge in [-0.1, -0.05) is 37.6 Å². The Bertz CT molecular complexity index is 961. The van der Waals surface area contributed by atoms with Crippen LogP contribution in [0.5, 0.6) is 5.75 Å². The minimum absolute atomic E-state index is 0.869. The number of hydrogen-bond donors (Lipinski definition) is 0. The Labute approximate surface area is 176 Å². The molecule has 2 aromatic carbocycles. The van der Waals surface area contributed by atoms with Gasteiger partial charge in [0.15, 0.2) is 5.13 Å². The summed E-state index contributed by atoms with van der Waals surface area (Å²) in [5.74, 6) is 0.869. The van der Waals surface area contributed by atoms with E-state index in [0.717, 1.165) is 48.2 Å². The zero-order valence-corrected chi connectivity index (χ0v) is 17.9. The number of nitrogens with zero attached hydrogens (tertiary/aromatic N) is 3. The first-order valence-electron chi connectivity index (χ1n) is 10.2. The minimum Gasteiger partial charge on any atom is -0.497 e. The number of benzene rings is 2. The molecule has 29 heavy (non-hydrogen) atoms. The van der Waals surface area contributed by atoms with Crippen LogP contribution >= 0.6 is 11.3 Å². The maximum absolute atomic E-state index is 5.26. The number of unbranched alkanes of at least 4 members (excludes halogenated alkanes) is 1. The predicted octanol–water partition coefficient (Wildman–Crippen LogP) is 5.47. The van der Waals surface area contributed by atoms with Crippen molar-refractivity contribution in [2.45, 2.75) is 26.2 Å². The molecular formula is C24H27N3OS. The van der Waals surface area contributed by atoms with Crippen molar-refractivity contribution in [1.82, 2.24) is 4.98 Å². The van der Waals surface area contributed by atoms with Gasteiger partial charge in [0.05, 0.1) is 25.1 Å². The van der Waals surface area contributed by atoms with Crippen molar-refractivity contribution >= 4 is 22.2 Å². The number of anilines is 1. The van der Waals surface area contributed by atoms with E-state index in [-0.39, 0.29) is 0 Å². The van der Waals surface area contributed by atoms with Crippen molar-refractivity contribution in [3.8, 4) is 17.0 Å². The molecule has 3 aromatic rings. The van der Waals surface area contributed by atoms with Gasteiger partial charge >= 0.3 is 0 Å². The van der Waals surface area contributed by atoms with E-state index in [2.05, 4.69) is 58.6 Å². The molecule has 5 heteroatoms. The van der Waals surface area contributed by atoms with Crippen LogP contribution in [0.3, 0.4) is 0 Å². The molecule has 0 unspecified atom stereocenters. The fourth-order valence-electron chi connectivity index (χ4n) is 3.31. The van der Waals surface area contributed by atoms with E-state index in [9.17, 15) is 0 Å².